The number of ketones is 1. The fourth-order valence-electron chi connectivity index (χ4n) is 4.15. The SMILES string of the molecule is Cc1cccc(COc2ccc(/C(O)=C3\C(=O)C(=O)N(c4nccs4)[C@H]3c3ccccc3)cc2)c1. The van der Waals surface area contributed by atoms with Gasteiger partial charge in [0.25, 0.3) is 5.78 Å². The van der Waals surface area contributed by atoms with Gasteiger partial charge in [-0.25, -0.2) is 4.98 Å². The maximum atomic E-state index is 13.1. The summed E-state index contributed by atoms with van der Waals surface area (Å²) in [6.45, 7) is 2.45. The fraction of sp³-hybridized carbons (Fsp3) is 0.107. The van der Waals surface area contributed by atoms with E-state index in [4.69, 9.17) is 4.74 Å². The number of amides is 1. The highest BCUT2D eigenvalue weighted by Gasteiger charge is 2.47. The van der Waals surface area contributed by atoms with Crippen molar-refractivity contribution in [1.29, 1.82) is 0 Å². The van der Waals surface area contributed by atoms with Gasteiger partial charge in [0.05, 0.1) is 11.6 Å². The van der Waals surface area contributed by atoms with Gasteiger partial charge >= 0.3 is 5.91 Å². The maximum absolute atomic E-state index is 13.1. The van der Waals surface area contributed by atoms with Crippen LogP contribution in [-0.2, 0) is 16.2 Å². The lowest BCUT2D eigenvalue weighted by atomic mass is 9.95. The van der Waals surface area contributed by atoms with E-state index in [9.17, 15) is 14.7 Å². The molecule has 0 aliphatic carbocycles. The second-order valence-electron chi connectivity index (χ2n) is 8.20. The van der Waals surface area contributed by atoms with Crippen LogP contribution in [0, 0.1) is 6.92 Å². The average molecular weight is 483 g/mol. The van der Waals surface area contributed by atoms with Crippen LogP contribution in [0.25, 0.3) is 5.76 Å². The molecule has 0 unspecified atom stereocenters. The molecular formula is C28H22N2O4S. The molecule has 1 aliphatic rings. The Labute approximate surface area is 206 Å². The van der Waals surface area contributed by atoms with Crippen LogP contribution >= 0.6 is 11.3 Å². The Hall–Kier alpha value is -4.23. The lowest BCUT2D eigenvalue weighted by Crippen LogP contribution is -2.29. The minimum Gasteiger partial charge on any atom is -0.507 e. The Kier molecular flexibility index (Phi) is 6.16. The molecule has 6 nitrogen and oxygen atoms in total. The van der Waals surface area contributed by atoms with Crippen molar-refractivity contribution in [3.05, 3.63) is 118 Å². The summed E-state index contributed by atoms with van der Waals surface area (Å²) in [5.41, 5.74) is 3.38. The van der Waals surface area contributed by atoms with Gasteiger partial charge in [-0.3, -0.25) is 14.5 Å². The number of ether oxygens (including phenoxy) is 1. The number of rotatable bonds is 6. The molecule has 3 aromatic carbocycles. The Balaban J connectivity index is 1.47. The Morgan fingerprint density at radius 2 is 1.80 bits per heavy atom. The molecule has 0 saturated carbocycles. The van der Waals surface area contributed by atoms with Crippen molar-refractivity contribution in [3.8, 4) is 5.75 Å². The van der Waals surface area contributed by atoms with Gasteiger partial charge in [0.1, 0.15) is 18.1 Å². The van der Waals surface area contributed by atoms with Crippen molar-refractivity contribution in [3.63, 3.8) is 0 Å². The molecule has 4 aromatic rings. The molecule has 1 aromatic heterocycles. The zero-order valence-electron chi connectivity index (χ0n) is 18.9. The zero-order valence-corrected chi connectivity index (χ0v) is 19.7. The minimum atomic E-state index is -0.778. The quantitative estimate of drug-likeness (QED) is 0.218. The van der Waals surface area contributed by atoms with E-state index in [0.717, 1.165) is 11.1 Å². The molecule has 0 spiro atoms. The number of thiazole rings is 1. The standard InChI is InChI=1S/C28H22N2O4S/c1-18-6-5-7-19(16-18)17-34-22-12-10-21(11-13-22)25(31)23-24(20-8-3-2-4-9-20)30(27(33)26(23)32)28-29-14-15-35-28/h2-16,24,31H,17H2,1H3/b25-23+/t24-/m0/s1. The highest BCUT2D eigenvalue weighted by atomic mass is 32.1. The van der Waals surface area contributed by atoms with Crippen LogP contribution in [0.2, 0.25) is 0 Å². The Morgan fingerprint density at radius 1 is 1.03 bits per heavy atom. The highest BCUT2D eigenvalue weighted by Crippen LogP contribution is 2.42. The fourth-order valence-corrected chi connectivity index (χ4v) is 4.82. The van der Waals surface area contributed by atoms with Gasteiger partial charge in [0.2, 0.25) is 0 Å². The van der Waals surface area contributed by atoms with Crippen molar-refractivity contribution >= 4 is 33.9 Å². The molecule has 35 heavy (non-hydrogen) atoms. The molecule has 1 fully saturated rings. The van der Waals surface area contributed by atoms with Gasteiger partial charge in [-0.15, -0.1) is 11.3 Å². The Morgan fingerprint density at radius 3 is 2.49 bits per heavy atom. The summed E-state index contributed by atoms with van der Waals surface area (Å²) in [7, 11) is 0. The van der Waals surface area contributed by atoms with Gasteiger partial charge in [-0.2, -0.15) is 0 Å². The van der Waals surface area contributed by atoms with E-state index in [-0.39, 0.29) is 11.3 Å². The van der Waals surface area contributed by atoms with Gasteiger partial charge in [-0.1, -0.05) is 60.2 Å². The van der Waals surface area contributed by atoms with Crippen molar-refractivity contribution in [2.45, 2.75) is 19.6 Å². The first-order valence-electron chi connectivity index (χ1n) is 11.1. The van der Waals surface area contributed by atoms with E-state index in [0.29, 0.717) is 28.6 Å². The molecular weight excluding hydrogens is 460 g/mol. The Bertz CT molecular complexity index is 1400. The van der Waals surface area contributed by atoms with Crippen molar-refractivity contribution < 1.29 is 19.4 Å². The zero-order chi connectivity index (χ0) is 24.4. The third kappa shape index (κ3) is 4.46. The number of carbonyl (C=O) groups is 2. The van der Waals surface area contributed by atoms with Gasteiger partial charge < -0.3 is 9.84 Å². The number of carbonyl (C=O) groups excluding carboxylic acids is 2. The minimum absolute atomic E-state index is 0.0322. The smallest absolute Gasteiger partial charge is 0.301 e. The number of hydrogen-bond donors (Lipinski definition) is 1. The largest absolute Gasteiger partial charge is 0.507 e. The molecule has 0 bridgehead atoms. The molecule has 174 valence electrons. The van der Waals surface area contributed by atoms with Crippen molar-refractivity contribution in [2.24, 2.45) is 0 Å². The number of Topliss-reactive ketones (excluding diaryl/α,β-unsaturated/α-hetero) is 1. The summed E-state index contributed by atoms with van der Waals surface area (Å²) in [5.74, 6) is -1.06. The summed E-state index contributed by atoms with van der Waals surface area (Å²) in [6.07, 6.45) is 1.58. The van der Waals surface area contributed by atoms with Crippen LogP contribution in [0.5, 0.6) is 5.75 Å². The number of nitrogens with zero attached hydrogens (tertiary/aromatic N) is 2. The van der Waals surface area contributed by atoms with Crippen molar-refractivity contribution in [2.75, 3.05) is 4.90 Å². The van der Waals surface area contributed by atoms with E-state index in [1.165, 1.54) is 16.2 Å². The number of aromatic nitrogens is 1. The molecule has 1 aliphatic heterocycles. The molecule has 1 N–H and O–H groups in total. The number of aryl methyl sites for hydroxylation is 1. The monoisotopic (exact) mass is 482 g/mol. The number of hydrogen-bond acceptors (Lipinski definition) is 6. The molecule has 0 radical (unpaired) electrons. The molecule has 1 amide bonds. The molecule has 2 heterocycles. The van der Waals surface area contributed by atoms with E-state index in [2.05, 4.69) is 11.1 Å². The maximum Gasteiger partial charge on any atom is 0.301 e. The second kappa shape index (κ2) is 9.56. The number of benzene rings is 3. The normalized spacial score (nSPS) is 17.1. The van der Waals surface area contributed by atoms with Gasteiger partial charge in [-0.05, 0) is 42.3 Å². The predicted octanol–water partition coefficient (Wildman–Crippen LogP) is 5.66. The topological polar surface area (TPSA) is 79.7 Å². The van der Waals surface area contributed by atoms with Crippen LogP contribution in [0.15, 0.2) is 96.0 Å². The summed E-state index contributed by atoms with van der Waals surface area (Å²) < 4.78 is 5.87. The van der Waals surface area contributed by atoms with E-state index < -0.39 is 17.7 Å². The van der Waals surface area contributed by atoms with Crippen LogP contribution in [0.3, 0.4) is 0 Å². The molecule has 5 rings (SSSR count). The lowest BCUT2D eigenvalue weighted by molar-refractivity contribution is -0.132. The summed E-state index contributed by atoms with van der Waals surface area (Å²) in [5, 5.41) is 13.4. The van der Waals surface area contributed by atoms with Crippen LogP contribution in [-0.4, -0.2) is 21.8 Å². The van der Waals surface area contributed by atoms with E-state index >= 15 is 0 Å². The van der Waals surface area contributed by atoms with Crippen LogP contribution in [0.1, 0.15) is 28.3 Å². The third-order valence-electron chi connectivity index (χ3n) is 5.80. The summed E-state index contributed by atoms with van der Waals surface area (Å²) >= 11 is 1.26. The summed E-state index contributed by atoms with van der Waals surface area (Å²) in [6, 6.07) is 23.3. The number of aliphatic hydroxyl groups is 1. The molecule has 1 atom stereocenters. The second-order valence-corrected chi connectivity index (χ2v) is 9.07. The van der Waals surface area contributed by atoms with Crippen LogP contribution in [0.4, 0.5) is 5.13 Å². The first-order chi connectivity index (χ1) is 17.0. The predicted molar refractivity (Wildman–Crippen MR) is 135 cm³/mol. The lowest BCUT2D eigenvalue weighted by Gasteiger charge is -2.22. The highest BCUT2D eigenvalue weighted by molar-refractivity contribution is 7.14. The van der Waals surface area contributed by atoms with Gasteiger partial charge in [0, 0.05) is 17.1 Å². The average Bonchev–Trinajstić information content (AvgIpc) is 3.50. The number of aliphatic hydroxyl groups excluding tert-OH is 1. The molecule has 1 saturated heterocycles. The van der Waals surface area contributed by atoms with Crippen LogP contribution < -0.4 is 9.64 Å². The number of anilines is 1. The van der Waals surface area contributed by atoms with E-state index in [1.807, 2.05) is 55.5 Å². The molecule has 7 heteroatoms. The van der Waals surface area contributed by atoms with Crippen molar-refractivity contribution in [1.82, 2.24) is 4.98 Å². The summed E-state index contributed by atoms with van der Waals surface area (Å²) in [4.78, 5) is 31.7. The first kappa shape index (κ1) is 22.6. The van der Waals surface area contributed by atoms with E-state index in [1.54, 1.807) is 35.8 Å². The third-order valence-corrected chi connectivity index (χ3v) is 6.57. The first-order valence-corrected chi connectivity index (χ1v) is 11.9. The van der Waals surface area contributed by atoms with Gasteiger partial charge in [0.15, 0.2) is 5.13 Å².